The monoisotopic (exact) mass is 331 g/mol. The lowest BCUT2D eigenvalue weighted by Crippen LogP contribution is -2.23. The molecule has 1 unspecified atom stereocenters. The molecule has 2 rings (SSSR count). The van der Waals surface area contributed by atoms with E-state index < -0.39 is 0 Å². The molecule has 0 fully saturated rings. The third kappa shape index (κ3) is 3.31. The number of nitrogens with one attached hydrogen (secondary N) is 1. The summed E-state index contributed by atoms with van der Waals surface area (Å²) >= 11 is 3.71. The minimum absolute atomic E-state index is 0.232. The van der Waals surface area contributed by atoms with Crippen LogP contribution in [0.15, 0.2) is 40.9 Å². The summed E-state index contributed by atoms with van der Waals surface area (Å²) in [5, 5.41) is 3.61. The maximum absolute atomic E-state index is 3.71. The fourth-order valence-corrected chi connectivity index (χ4v) is 3.33. The molecule has 1 nitrogen and oxygen atoms in total. The van der Waals surface area contributed by atoms with Crippen molar-refractivity contribution in [1.29, 1.82) is 0 Å². The van der Waals surface area contributed by atoms with Crippen LogP contribution in [0.25, 0.3) is 0 Å². The van der Waals surface area contributed by atoms with Crippen molar-refractivity contribution in [3.05, 3.63) is 68.7 Å². The topological polar surface area (TPSA) is 12.0 Å². The van der Waals surface area contributed by atoms with Crippen LogP contribution in [-0.2, 0) is 0 Å². The van der Waals surface area contributed by atoms with E-state index in [0.29, 0.717) is 0 Å². The van der Waals surface area contributed by atoms with Crippen molar-refractivity contribution in [3.63, 3.8) is 0 Å². The predicted molar refractivity (Wildman–Crippen MR) is 90.3 cm³/mol. The van der Waals surface area contributed by atoms with E-state index in [0.717, 1.165) is 6.54 Å². The molecule has 0 saturated heterocycles. The standard InChI is InChI=1S/C18H22BrN/c1-5-20-18(15-8-6-12(2)10-14(15)4)16-9-7-13(3)11-17(16)19/h6-11,18,20H,5H2,1-4H3. The van der Waals surface area contributed by atoms with Gasteiger partial charge in [0.1, 0.15) is 0 Å². The second-order valence-corrected chi connectivity index (χ2v) is 6.23. The Balaban J connectivity index is 2.50. The summed E-state index contributed by atoms with van der Waals surface area (Å²) in [5.74, 6) is 0. The van der Waals surface area contributed by atoms with Gasteiger partial charge in [-0.1, -0.05) is 58.7 Å². The molecular weight excluding hydrogens is 310 g/mol. The summed E-state index contributed by atoms with van der Waals surface area (Å²) in [7, 11) is 0. The van der Waals surface area contributed by atoms with E-state index in [1.807, 2.05) is 0 Å². The van der Waals surface area contributed by atoms with Crippen LogP contribution in [0.5, 0.6) is 0 Å². The molecule has 0 radical (unpaired) electrons. The largest absolute Gasteiger partial charge is 0.306 e. The van der Waals surface area contributed by atoms with E-state index in [9.17, 15) is 0 Å². The molecule has 0 aliphatic rings. The second-order valence-electron chi connectivity index (χ2n) is 5.38. The Kier molecular flexibility index (Phi) is 5.00. The lowest BCUT2D eigenvalue weighted by atomic mass is 9.93. The van der Waals surface area contributed by atoms with Crippen molar-refractivity contribution < 1.29 is 0 Å². The van der Waals surface area contributed by atoms with Gasteiger partial charge in [0.05, 0.1) is 6.04 Å². The van der Waals surface area contributed by atoms with Crippen LogP contribution < -0.4 is 5.32 Å². The number of aryl methyl sites for hydroxylation is 3. The molecular formula is C18H22BrN. The summed E-state index contributed by atoms with van der Waals surface area (Å²) in [6.45, 7) is 9.54. The molecule has 20 heavy (non-hydrogen) atoms. The summed E-state index contributed by atoms with van der Waals surface area (Å²) in [6.07, 6.45) is 0. The number of hydrogen-bond acceptors (Lipinski definition) is 1. The van der Waals surface area contributed by atoms with Crippen LogP contribution in [0.3, 0.4) is 0 Å². The smallest absolute Gasteiger partial charge is 0.0590 e. The van der Waals surface area contributed by atoms with E-state index in [-0.39, 0.29) is 6.04 Å². The average molecular weight is 332 g/mol. The molecule has 0 aliphatic heterocycles. The zero-order valence-corrected chi connectivity index (χ0v) is 14.2. The highest BCUT2D eigenvalue weighted by Crippen LogP contribution is 2.31. The van der Waals surface area contributed by atoms with Crippen molar-refractivity contribution >= 4 is 15.9 Å². The molecule has 2 aromatic carbocycles. The second kappa shape index (κ2) is 6.55. The average Bonchev–Trinajstić information content (AvgIpc) is 2.37. The van der Waals surface area contributed by atoms with Gasteiger partial charge in [0.15, 0.2) is 0 Å². The Morgan fingerprint density at radius 1 is 0.950 bits per heavy atom. The molecule has 2 heteroatoms. The van der Waals surface area contributed by atoms with Crippen LogP contribution in [0, 0.1) is 20.8 Å². The Morgan fingerprint density at radius 2 is 1.55 bits per heavy atom. The normalized spacial score (nSPS) is 12.4. The van der Waals surface area contributed by atoms with Crippen LogP contribution in [-0.4, -0.2) is 6.54 Å². The van der Waals surface area contributed by atoms with Gasteiger partial charge in [0.25, 0.3) is 0 Å². The summed E-state index contributed by atoms with van der Waals surface area (Å²) < 4.78 is 1.17. The van der Waals surface area contributed by atoms with Crippen molar-refractivity contribution in [3.8, 4) is 0 Å². The van der Waals surface area contributed by atoms with E-state index in [2.05, 4.69) is 85.3 Å². The van der Waals surface area contributed by atoms with Crippen LogP contribution in [0.2, 0.25) is 0 Å². The van der Waals surface area contributed by atoms with Crippen molar-refractivity contribution in [2.45, 2.75) is 33.7 Å². The molecule has 0 amide bonds. The first-order chi connectivity index (χ1) is 9.52. The van der Waals surface area contributed by atoms with Crippen LogP contribution in [0.1, 0.15) is 40.8 Å². The first-order valence-corrected chi connectivity index (χ1v) is 7.88. The van der Waals surface area contributed by atoms with Crippen LogP contribution >= 0.6 is 15.9 Å². The van der Waals surface area contributed by atoms with Crippen molar-refractivity contribution in [2.75, 3.05) is 6.54 Å². The van der Waals surface area contributed by atoms with Gasteiger partial charge in [-0.15, -0.1) is 0 Å². The van der Waals surface area contributed by atoms with Crippen molar-refractivity contribution in [1.82, 2.24) is 5.32 Å². The molecule has 0 saturated carbocycles. The maximum atomic E-state index is 3.71. The maximum Gasteiger partial charge on any atom is 0.0590 e. The first kappa shape index (κ1) is 15.3. The molecule has 0 bridgehead atoms. The van der Waals surface area contributed by atoms with Gasteiger partial charge in [-0.2, -0.15) is 0 Å². The third-order valence-corrected chi connectivity index (χ3v) is 4.30. The Labute approximate surface area is 130 Å². The predicted octanol–water partition coefficient (Wildman–Crippen LogP) is 5.07. The van der Waals surface area contributed by atoms with Gasteiger partial charge >= 0.3 is 0 Å². The van der Waals surface area contributed by atoms with Gasteiger partial charge in [-0.3, -0.25) is 0 Å². The Bertz CT molecular complexity index is 553. The van der Waals surface area contributed by atoms with E-state index in [1.54, 1.807) is 0 Å². The van der Waals surface area contributed by atoms with Gasteiger partial charge in [0, 0.05) is 4.47 Å². The molecule has 0 aliphatic carbocycles. The van der Waals surface area contributed by atoms with Crippen LogP contribution in [0.4, 0.5) is 0 Å². The van der Waals surface area contributed by atoms with Gasteiger partial charge in [0.2, 0.25) is 0 Å². The summed E-state index contributed by atoms with van der Waals surface area (Å²) in [4.78, 5) is 0. The SMILES string of the molecule is CCNC(c1ccc(C)cc1C)c1ccc(C)cc1Br. The van der Waals surface area contributed by atoms with Gasteiger partial charge in [-0.25, -0.2) is 0 Å². The third-order valence-electron chi connectivity index (χ3n) is 3.61. The molecule has 2 aromatic rings. The fraction of sp³-hybridized carbons (Fsp3) is 0.333. The fourth-order valence-electron chi connectivity index (χ4n) is 2.61. The molecule has 0 aromatic heterocycles. The zero-order chi connectivity index (χ0) is 14.7. The molecule has 0 spiro atoms. The zero-order valence-electron chi connectivity index (χ0n) is 12.6. The summed E-state index contributed by atoms with van der Waals surface area (Å²) in [5.41, 5.74) is 6.57. The highest BCUT2D eigenvalue weighted by molar-refractivity contribution is 9.10. The van der Waals surface area contributed by atoms with Gasteiger partial charge in [-0.05, 0) is 55.6 Å². The van der Waals surface area contributed by atoms with E-state index in [4.69, 9.17) is 0 Å². The molecule has 1 N–H and O–H groups in total. The highest BCUT2D eigenvalue weighted by Gasteiger charge is 2.17. The van der Waals surface area contributed by atoms with E-state index in [1.165, 1.54) is 32.3 Å². The molecule has 0 heterocycles. The Hall–Kier alpha value is -1.12. The lowest BCUT2D eigenvalue weighted by Gasteiger charge is -2.22. The van der Waals surface area contributed by atoms with E-state index >= 15 is 0 Å². The van der Waals surface area contributed by atoms with Gasteiger partial charge < -0.3 is 5.32 Å². The number of benzene rings is 2. The number of rotatable bonds is 4. The Morgan fingerprint density at radius 3 is 2.10 bits per heavy atom. The first-order valence-electron chi connectivity index (χ1n) is 7.09. The lowest BCUT2D eigenvalue weighted by molar-refractivity contribution is 0.625. The number of hydrogen-bond donors (Lipinski definition) is 1. The van der Waals surface area contributed by atoms with Crippen molar-refractivity contribution in [2.24, 2.45) is 0 Å². The quantitative estimate of drug-likeness (QED) is 0.824. The molecule has 106 valence electrons. The number of halogens is 1. The summed E-state index contributed by atoms with van der Waals surface area (Å²) in [6, 6.07) is 13.5. The highest BCUT2D eigenvalue weighted by atomic mass is 79.9. The minimum atomic E-state index is 0.232. The minimum Gasteiger partial charge on any atom is -0.306 e. The molecule has 1 atom stereocenters.